The lowest BCUT2D eigenvalue weighted by atomic mass is 9.96. The summed E-state index contributed by atoms with van der Waals surface area (Å²) < 4.78 is 33.1. The van der Waals surface area contributed by atoms with Gasteiger partial charge >= 0.3 is 6.09 Å². The van der Waals surface area contributed by atoms with E-state index in [2.05, 4.69) is 5.32 Å². The normalized spacial score (nSPS) is 17.9. The summed E-state index contributed by atoms with van der Waals surface area (Å²) in [4.78, 5) is 43.7. The van der Waals surface area contributed by atoms with Gasteiger partial charge in [0.1, 0.15) is 5.00 Å². The van der Waals surface area contributed by atoms with E-state index in [9.17, 15) is 22.8 Å². The van der Waals surface area contributed by atoms with Crippen LogP contribution in [0.3, 0.4) is 0 Å². The number of amides is 3. The van der Waals surface area contributed by atoms with E-state index in [0.29, 0.717) is 48.7 Å². The molecule has 1 aromatic carbocycles. The number of thiophene rings is 1. The van der Waals surface area contributed by atoms with Gasteiger partial charge in [-0.3, -0.25) is 9.59 Å². The molecule has 41 heavy (non-hydrogen) atoms. The van der Waals surface area contributed by atoms with Gasteiger partial charge in [-0.05, 0) is 68.9 Å². The van der Waals surface area contributed by atoms with Crippen molar-refractivity contribution in [2.24, 2.45) is 0 Å². The molecule has 1 aliphatic carbocycles. The predicted octanol–water partition coefficient (Wildman–Crippen LogP) is 4.70. The summed E-state index contributed by atoms with van der Waals surface area (Å²) in [6.45, 7) is 4.14. The molecule has 1 aromatic heterocycles. The second-order valence-corrected chi connectivity index (χ2v) is 14.0. The van der Waals surface area contributed by atoms with Gasteiger partial charge in [0.25, 0.3) is 11.8 Å². The monoisotopic (exact) mass is 602 g/mol. The molecule has 0 spiro atoms. The van der Waals surface area contributed by atoms with Crippen LogP contribution in [0.4, 0.5) is 9.80 Å². The van der Waals surface area contributed by atoms with E-state index < -0.39 is 22.0 Å². The number of ether oxygens (including phenoxy) is 1. The van der Waals surface area contributed by atoms with E-state index in [0.717, 1.165) is 55.4 Å². The first kappa shape index (κ1) is 29.5. The molecule has 2 aromatic rings. The van der Waals surface area contributed by atoms with E-state index in [1.165, 1.54) is 39.9 Å². The Hall–Kier alpha value is -2.96. The van der Waals surface area contributed by atoms with Gasteiger partial charge in [0, 0.05) is 43.2 Å². The molecule has 0 radical (unpaired) electrons. The lowest BCUT2D eigenvalue weighted by Gasteiger charge is -2.30. The van der Waals surface area contributed by atoms with Gasteiger partial charge < -0.3 is 19.9 Å². The third kappa shape index (κ3) is 6.14. The molecule has 0 atom stereocenters. The summed E-state index contributed by atoms with van der Waals surface area (Å²) in [5.74, 6) is -0.530. The van der Waals surface area contributed by atoms with Crippen molar-refractivity contribution in [3.8, 4) is 0 Å². The van der Waals surface area contributed by atoms with Crippen molar-refractivity contribution in [2.45, 2.75) is 75.8 Å². The second kappa shape index (κ2) is 12.5. The van der Waals surface area contributed by atoms with E-state index in [1.807, 2.05) is 4.90 Å². The lowest BCUT2D eigenvalue weighted by molar-refractivity contribution is 0.0792. The van der Waals surface area contributed by atoms with Crippen molar-refractivity contribution < 1.29 is 27.5 Å². The van der Waals surface area contributed by atoms with Gasteiger partial charge in [-0.2, -0.15) is 4.31 Å². The molecular weight excluding hydrogens is 564 g/mol. The van der Waals surface area contributed by atoms with Crippen LogP contribution in [0.25, 0.3) is 0 Å². The summed E-state index contributed by atoms with van der Waals surface area (Å²) in [7, 11) is -2.04. The summed E-state index contributed by atoms with van der Waals surface area (Å²) in [6, 6.07) is 5.95. The van der Waals surface area contributed by atoms with Crippen molar-refractivity contribution in [3.05, 3.63) is 45.8 Å². The van der Waals surface area contributed by atoms with Crippen molar-refractivity contribution in [1.82, 2.24) is 14.1 Å². The molecule has 222 valence electrons. The Bertz CT molecular complexity index is 1390. The minimum Gasteiger partial charge on any atom is -0.450 e. The molecule has 3 aliphatic rings. The van der Waals surface area contributed by atoms with Crippen molar-refractivity contribution in [3.63, 3.8) is 0 Å². The average molecular weight is 603 g/mol. The maximum atomic E-state index is 13.6. The number of nitrogens with one attached hydrogen (secondary N) is 1. The van der Waals surface area contributed by atoms with Gasteiger partial charge in [-0.1, -0.05) is 19.3 Å². The van der Waals surface area contributed by atoms with Crippen molar-refractivity contribution >= 4 is 44.3 Å². The van der Waals surface area contributed by atoms with Crippen LogP contribution in [0, 0.1) is 0 Å². The molecule has 3 amide bonds. The Morgan fingerprint density at radius 2 is 1.68 bits per heavy atom. The summed E-state index contributed by atoms with van der Waals surface area (Å²) in [5.41, 5.74) is 1.66. The molecule has 10 nitrogen and oxygen atoms in total. The molecule has 2 aliphatic heterocycles. The fraction of sp³-hybridized carbons (Fsp3) is 0.552. The van der Waals surface area contributed by atoms with E-state index in [4.69, 9.17) is 4.74 Å². The Labute approximate surface area is 245 Å². The lowest BCUT2D eigenvalue weighted by Crippen LogP contribution is -2.38. The number of sulfonamides is 1. The summed E-state index contributed by atoms with van der Waals surface area (Å²) in [5, 5.41) is 3.38. The number of rotatable bonds is 7. The largest absolute Gasteiger partial charge is 0.450 e. The van der Waals surface area contributed by atoms with Crippen LogP contribution in [0.15, 0.2) is 29.2 Å². The average Bonchev–Trinajstić information content (AvgIpc) is 3.65. The number of nitrogens with zero attached hydrogens (tertiary/aromatic N) is 3. The van der Waals surface area contributed by atoms with Gasteiger partial charge in [-0.15, -0.1) is 11.3 Å². The van der Waals surface area contributed by atoms with Crippen LogP contribution in [0.5, 0.6) is 0 Å². The summed E-state index contributed by atoms with van der Waals surface area (Å²) in [6.07, 6.45) is 6.90. The molecular formula is C29H38N4O6S2. The number of benzene rings is 1. The highest BCUT2D eigenvalue weighted by Gasteiger charge is 2.34. The number of anilines is 1. The third-order valence-corrected chi connectivity index (χ3v) is 11.4. The highest BCUT2D eigenvalue weighted by molar-refractivity contribution is 7.89. The Morgan fingerprint density at radius 1 is 1.00 bits per heavy atom. The zero-order valence-corrected chi connectivity index (χ0v) is 25.3. The Kier molecular flexibility index (Phi) is 9.00. The number of hydrogen-bond acceptors (Lipinski definition) is 7. The fourth-order valence-electron chi connectivity index (χ4n) is 5.93. The Morgan fingerprint density at radius 3 is 2.34 bits per heavy atom. The standard InChI is InChI=1S/C29H38N4O6S2/c1-3-39-29(36)33-18-15-23-24(19-33)40-27(25(23)28(35)32-16-7-8-17-32)30-26(34)20-11-13-22(14-12-20)41(37,38)31(2)21-9-5-4-6-10-21/h11-14,21H,3-10,15-19H2,1-2H3,(H,30,34). The maximum Gasteiger partial charge on any atom is 0.410 e. The molecule has 5 rings (SSSR count). The minimum absolute atomic E-state index is 0.00657. The SMILES string of the molecule is CCOC(=O)N1CCc2c(sc(NC(=O)c3ccc(S(=O)(=O)N(C)C4CCCCC4)cc3)c2C(=O)N2CCCC2)C1. The van der Waals surface area contributed by atoms with Crippen LogP contribution >= 0.6 is 11.3 Å². The number of fused-ring (bicyclic) bond motifs is 1. The van der Waals surface area contributed by atoms with Gasteiger partial charge in [0.15, 0.2) is 0 Å². The second-order valence-electron chi connectivity index (χ2n) is 10.9. The summed E-state index contributed by atoms with van der Waals surface area (Å²) >= 11 is 1.31. The first-order valence-corrected chi connectivity index (χ1v) is 16.7. The highest BCUT2D eigenvalue weighted by Crippen LogP contribution is 2.39. The smallest absolute Gasteiger partial charge is 0.410 e. The van der Waals surface area contributed by atoms with Crippen LogP contribution < -0.4 is 5.32 Å². The van der Waals surface area contributed by atoms with Crippen LogP contribution in [-0.2, 0) is 27.7 Å². The molecule has 0 bridgehead atoms. The van der Waals surface area contributed by atoms with E-state index >= 15 is 0 Å². The van der Waals surface area contributed by atoms with Crippen molar-refractivity contribution in [1.29, 1.82) is 0 Å². The highest BCUT2D eigenvalue weighted by atomic mass is 32.2. The Balaban J connectivity index is 1.37. The molecule has 1 saturated carbocycles. The van der Waals surface area contributed by atoms with Gasteiger partial charge in [-0.25, -0.2) is 13.2 Å². The third-order valence-electron chi connectivity index (χ3n) is 8.30. The number of carbonyl (C=O) groups excluding carboxylic acids is 3. The molecule has 2 fully saturated rings. The van der Waals surface area contributed by atoms with Crippen LogP contribution in [0.1, 0.15) is 83.0 Å². The number of likely N-dealkylation sites (tertiary alicyclic amines) is 1. The quantitative estimate of drug-likeness (QED) is 0.491. The van der Waals surface area contributed by atoms with Gasteiger partial charge in [0.2, 0.25) is 10.0 Å². The molecule has 0 unspecified atom stereocenters. The topological polar surface area (TPSA) is 116 Å². The number of carbonyl (C=O) groups is 3. The first-order valence-electron chi connectivity index (χ1n) is 14.5. The van der Waals surface area contributed by atoms with E-state index in [1.54, 1.807) is 18.9 Å². The van der Waals surface area contributed by atoms with Crippen molar-refractivity contribution in [2.75, 3.05) is 38.6 Å². The first-order chi connectivity index (χ1) is 19.7. The van der Waals surface area contributed by atoms with Crippen LogP contribution in [0.2, 0.25) is 0 Å². The van der Waals surface area contributed by atoms with Crippen LogP contribution in [-0.4, -0.2) is 79.8 Å². The predicted molar refractivity (Wildman–Crippen MR) is 157 cm³/mol. The van der Waals surface area contributed by atoms with Gasteiger partial charge in [0.05, 0.1) is 23.6 Å². The maximum absolute atomic E-state index is 13.6. The minimum atomic E-state index is -3.67. The number of hydrogen-bond donors (Lipinski definition) is 1. The zero-order valence-electron chi connectivity index (χ0n) is 23.7. The molecule has 3 heterocycles. The van der Waals surface area contributed by atoms with E-state index in [-0.39, 0.29) is 23.5 Å². The molecule has 1 N–H and O–H groups in total. The fourth-order valence-corrected chi connectivity index (χ4v) is 8.59. The zero-order chi connectivity index (χ0) is 29.1. The molecule has 1 saturated heterocycles. The molecule has 12 heteroatoms.